The zero-order valence-corrected chi connectivity index (χ0v) is 15.7. The molecular formula is C19H21N3O3S. The van der Waals surface area contributed by atoms with Crippen LogP contribution in [0.15, 0.2) is 41.3 Å². The second-order valence-corrected chi connectivity index (χ2v) is 8.01. The van der Waals surface area contributed by atoms with Crippen LogP contribution in [0.4, 0.5) is 0 Å². The van der Waals surface area contributed by atoms with Gasteiger partial charge >= 0.3 is 0 Å². The molecule has 26 heavy (non-hydrogen) atoms. The minimum atomic E-state index is -3.74. The summed E-state index contributed by atoms with van der Waals surface area (Å²) in [5, 5.41) is 9.04. The van der Waals surface area contributed by atoms with Crippen LogP contribution in [0.25, 0.3) is 10.9 Å². The fourth-order valence-corrected chi connectivity index (χ4v) is 3.76. The van der Waals surface area contributed by atoms with Crippen molar-refractivity contribution >= 4 is 26.8 Å². The van der Waals surface area contributed by atoms with E-state index < -0.39 is 10.0 Å². The Morgan fingerprint density at radius 2 is 1.81 bits per heavy atom. The van der Waals surface area contributed by atoms with E-state index in [-0.39, 0.29) is 17.3 Å². The van der Waals surface area contributed by atoms with Crippen molar-refractivity contribution in [2.45, 2.75) is 32.2 Å². The third kappa shape index (κ3) is 3.49. The van der Waals surface area contributed by atoms with Crippen LogP contribution < -0.4 is 10.5 Å². The Morgan fingerprint density at radius 3 is 2.46 bits per heavy atom. The van der Waals surface area contributed by atoms with Gasteiger partial charge in [0.2, 0.25) is 10.0 Å². The maximum Gasteiger partial charge on any atom is 0.267 e. The van der Waals surface area contributed by atoms with Crippen LogP contribution in [-0.4, -0.2) is 19.3 Å². The lowest BCUT2D eigenvalue weighted by Crippen LogP contribution is -2.23. The summed E-state index contributed by atoms with van der Waals surface area (Å²) in [5.41, 5.74) is 5.08. The van der Waals surface area contributed by atoms with Crippen molar-refractivity contribution in [2.75, 3.05) is 0 Å². The molecule has 7 heteroatoms. The number of nitrogens with one attached hydrogen (secondary N) is 2. The van der Waals surface area contributed by atoms with Crippen LogP contribution in [-0.2, 0) is 16.6 Å². The normalized spacial score (nSPS) is 11.7. The number of sulfonamides is 1. The first-order valence-electron chi connectivity index (χ1n) is 8.16. The maximum absolute atomic E-state index is 12.4. The lowest BCUT2D eigenvalue weighted by Gasteiger charge is -2.08. The number of rotatable bonds is 4. The van der Waals surface area contributed by atoms with E-state index in [4.69, 9.17) is 5.14 Å². The Balaban J connectivity index is 1.77. The van der Waals surface area contributed by atoms with E-state index in [0.29, 0.717) is 11.3 Å². The summed E-state index contributed by atoms with van der Waals surface area (Å²) < 4.78 is 22.9. The molecule has 0 saturated carbocycles. The number of nitrogens with two attached hydrogens (primary N) is 1. The van der Waals surface area contributed by atoms with Gasteiger partial charge in [-0.25, -0.2) is 13.6 Å². The molecule has 0 fully saturated rings. The molecule has 1 aromatic heterocycles. The Labute approximate surface area is 152 Å². The predicted molar refractivity (Wildman–Crippen MR) is 101 cm³/mol. The van der Waals surface area contributed by atoms with Gasteiger partial charge in [0, 0.05) is 17.4 Å². The van der Waals surface area contributed by atoms with Crippen LogP contribution in [0.3, 0.4) is 0 Å². The van der Waals surface area contributed by atoms with Gasteiger partial charge in [0.05, 0.1) is 4.90 Å². The smallest absolute Gasteiger partial charge is 0.267 e. The van der Waals surface area contributed by atoms with E-state index in [9.17, 15) is 13.2 Å². The summed E-state index contributed by atoms with van der Waals surface area (Å²) in [7, 11) is -3.74. The van der Waals surface area contributed by atoms with Gasteiger partial charge in [-0.3, -0.25) is 4.79 Å². The van der Waals surface area contributed by atoms with Gasteiger partial charge in [0.15, 0.2) is 0 Å². The minimum Gasteiger partial charge on any atom is -0.351 e. The number of amides is 1. The lowest BCUT2D eigenvalue weighted by atomic mass is 10.1. The van der Waals surface area contributed by atoms with Gasteiger partial charge in [0.1, 0.15) is 5.69 Å². The summed E-state index contributed by atoms with van der Waals surface area (Å²) in [6, 6.07) is 10.6. The number of H-pyrrole nitrogens is 1. The molecular weight excluding hydrogens is 350 g/mol. The van der Waals surface area contributed by atoms with Gasteiger partial charge in [0.25, 0.3) is 5.91 Å². The molecule has 136 valence electrons. The van der Waals surface area contributed by atoms with E-state index in [0.717, 1.165) is 22.0 Å². The van der Waals surface area contributed by atoms with E-state index in [1.165, 1.54) is 11.6 Å². The second kappa shape index (κ2) is 6.59. The van der Waals surface area contributed by atoms with Crippen LogP contribution >= 0.6 is 0 Å². The first-order chi connectivity index (χ1) is 12.2. The Hall–Kier alpha value is -2.64. The van der Waals surface area contributed by atoms with Gasteiger partial charge < -0.3 is 10.3 Å². The van der Waals surface area contributed by atoms with E-state index in [1.807, 2.05) is 32.0 Å². The highest BCUT2D eigenvalue weighted by atomic mass is 32.2. The van der Waals surface area contributed by atoms with Crippen molar-refractivity contribution in [2.24, 2.45) is 5.14 Å². The first-order valence-corrected chi connectivity index (χ1v) is 9.71. The van der Waals surface area contributed by atoms with Crippen molar-refractivity contribution in [3.05, 3.63) is 64.3 Å². The standard InChI is InChI=1S/C19H21N3O3S/c1-11-4-6-16-15(13(11)3)9-17(22-16)19(23)21-10-14-5-7-18(12(2)8-14)26(20,24)25/h4-9,22H,10H2,1-3H3,(H,21,23)(H2,20,24,25). The number of carbonyl (C=O) groups excluding carboxylic acids is 1. The largest absolute Gasteiger partial charge is 0.351 e. The molecule has 0 radical (unpaired) electrons. The summed E-state index contributed by atoms with van der Waals surface area (Å²) in [4.78, 5) is 15.7. The third-order valence-corrected chi connectivity index (χ3v) is 5.66. The maximum atomic E-state index is 12.4. The molecule has 2 aromatic carbocycles. The zero-order chi connectivity index (χ0) is 19.1. The Morgan fingerprint density at radius 1 is 1.08 bits per heavy atom. The number of aryl methyl sites for hydroxylation is 3. The summed E-state index contributed by atoms with van der Waals surface area (Å²) in [6.45, 7) is 6.03. The Bertz CT molecular complexity index is 1110. The summed E-state index contributed by atoms with van der Waals surface area (Å²) in [6.07, 6.45) is 0. The quantitative estimate of drug-likeness (QED) is 0.656. The van der Waals surface area contributed by atoms with E-state index in [2.05, 4.69) is 10.3 Å². The number of hydrogen-bond donors (Lipinski definition) is 3. The van der Waals surface area contributed by atoms with Crippen molar-refractivity contribution in [1.82, 2.24) is 10.3 Å². The van der Waals surface area contributed by atoms with E-state index in [1.54, 1.807) is 19.1 Å². The van der Waals surface area contributed by atoms with E-state index >= 15 is 0 Å². The number of aromatic nitrogens is 1. The molecule has 6 nitrogen and oxygen atoms in total. The molecule has 0 aliphatic rings. The molecule has 0 aliphatic carbocycles. The van der Waals surface area contributed by atoms with Crippen LogP contribution in [0.1, 0.15) is 32.7 Å². The van der Waals surface area contributed by atoms with Crippen LogP contribution in [0.2, 0.25) is 0 Å². The molecule has 0 bridgehead atoms. The highest BCUT2D eigenvalue weighted by Crippen LogP contribution is 2.22. The fraction of sp³-hybridized carbons (Fsp3) is 0.211. The monoisotopic (exact) mass is 371 g/mol. The van der Waals surface area contributed by atoms with Gasteiger partial charge in [-0.2, -0.15) is 0 Å². The average Bonchev–Trinajstić information content (AvgIpc) is 3.00. The van der Waals surface area contributed by atoms with Crippen molar-refractivity contribution in [3.63, 3.8) is 0 Å². The van der Waals surface area contributed by atoms with Crippen LogP contribution in [0.5, 0.6) is 0 Å². The summed E-state index contributed by atoms with van der Waals surface area (Å²) >= 11 is 0. The fourth-order valence-electron chi connectivity index (χ4n) is 3.00. The Kier molecular flexibility index (Phi) is 4.60. The van der Waals surface area contributed by atoms with Crippen molar-refractivity contribution in [1.29, 1.82) is 0 Å². The highest BCUT2D eigenvalue weighted by molar-refractivity contribution is 7.89. The number of primary sulfonamides is 1. The van der Waals surface area contributed by atoms with Gasteiger partial charge in [-0.15, -0.1) is 0 Å². The number of benzene rings is 2. The second-order valence-electron chi connectivity index (χ2n) is 6.48. The highest BCUT2D eigenvalue weighted by Gasteiger charge is 2.13. The molecule has 4 N–H and O–H groups in total. The minimum absolute atomic E-state index is 0.0917. The predicted octanol–water partition coefficient (Wildman–Crippen LogP) is 2.67. The number of fused-ring (bicyclic) bond motifs is 1. The number of aromatic amines is 1. The van der Waals surface area contributed by atoms with Crippen molar-refractivity contribution in [3.8, 4) is 0 Å². The van der Waals surface area contributed by atoms with Gasteiger partial charge in [-0.1, -0.05) is 18.2 Å². The molecule has 0 atom stereocenters. The molecule has 3 rings (SSSR count). The lowest BCUT2D eigenvalue weighted by molar-refractivity contribution is 0.0946. The SMILES string of the molecule is Cc1cc(CNC(=O)c2cc3c(C)c(C)ccc3[nH]2)ccc1S(N)(=O)=O. The molecule has 1 heterocycles. The molecule has 3 aromatic rings. The van der Waals surface area contributed by atoms with Crippen LogP contribution in [0, 0.1) is 20.8 Å². The molecule has 1 amide bonds. The number of carbonyl (C=O) groups is 1. The van der Waals surface area contributed by atoms with Crippen molar-refractivity contribution < 1.29 is 13.2 Å². The molecule has 0 unspecified atom stereocenters. The number of hydrogen-bond acceptors (Lipinski definition) is 3. The molecule has 0 saturated heterocycles. The molecule has 0 aliphatic heterocycles. The third-order valence-electron chi connectivity index (χ3n) is 4.59. The summed E-state index contributed by atoms with van der Waals surface area (Å²) in [5.74, 6) is -0.216. The topological polar surface area (TPSA) is 105 Å². The zero-order valence-electron chi connectivity index (χ0n) is 14.9. The molecule has 0 spiro atoms. The van der Waals surface area contributed by atoms with Gasteiger partial charge in [-0.05, 0) is 61.2 Å². The average molecular weight is 371 g/mol. The first kappa shape index (κ1) is 18.2.